The van der Waals surface area contributed by atoms with Gasteiger partial charge in [0.2, 0.25) is 11.8 Å². The summed E-state index contributed by atoms with van der Waals surface area (Å²) < 4.78 is 0. The number of nitrogens with zero attached hydrogens (tertiary/aromatic N) is 1. The van der Waals surface area contributed by atoms with E-state index in [1.54, 1.807) is 36.4 Å². The van der Waals surface area contributed by atoms with Gasteiger partial charge in [0.1, 0.15) is 6.54 Å². The number of benzene rings is 2. The van der Waals surface area contributed by atoms with Crippen molar-refractivity contribution in [2.45, 2.75) is 13.5 Å². The maximum atomic E-state index is 12.3. The summed E-state index contributed by atoms with van der Waals surface area (Å²) in [6.45, 7) is 1.49. The van der Waals surface area contributed by atoms with Crippen molar-refractivity contribution >= 4 is 52.3 Å². The second-order valence-electron chi connectivity index (χ2n) is 5.11. The lowest BCUT2D eigenvalue weighted by Crippen LogP contribution is -2.36. The zero-order valence-electron chi connectivity index (χ0n) is 12.9. The summed E-state index contributed by atoms with van der Waals surface area (Å²) in [6.07, 6.45) is 0. The van der Waals surface area contributed by atoms with Gasteiger partial charge < -0.3 is 10.2 Å². The number of carbonyl (C=O) groups excluding carboxylic acids is 2. The Balaban J connectivity index is 2.09. The molecule has 24 heavy (non-hydrogen) atoms. The Labute approximate surface area is 155 Å². The summed E-state index contributed by atoms with van der Waals surface area (Å²) >= 11 is 18.2. The summed E-state index contributed by atoms with van der Waals surface area (Å²) in [6, 6.07) is 12.1. The first-order valence-corrected chi connectivity index (χ1v) is 8.24. The molecule has 126 valence electrons. The van der Waals surface area contributed by atoms with E-state index in [2.05, 4.69) is 5.32 Å². The second kappa shape index (κ2) is 8.38. The number of hydrogen-bond acceptors (Lipinski definition) is 2. The first-order chi connectivity index (χ1) is 11.4. The summed E-state index contributed by atoms with van der Waals surface area (Å²) in [5.41, 5.74) is 1.09. The average Bonchev–Trinajstić information content (AvgIpc) is 2.52. The fraction of sp³-hybridized carbons (Fsp3) is 0.176. The Morgan fingerprint density at radius 3 is 2.12 bits per heavy atom. The number of amides is 2. The van der Waals surface area contributed by atoms with Crippen molar-refractivity contribution < 1.29 is 9.59 Å². The van der Waals surface area contributed by atoms with Crippen LogP contribution in [-0.2, 0) is 16.1 Å². The lowest BCUT2D eigenvalue weighted by atomic mass is 10.2. The van der Waals surface area contributed by atoms with E-state index in [9.17, 15) is 9.59 Å². The van der Waals surface area contributed by atoms with Crippen LogP contribution in [0.25, 0.3) is 0 Å². The average molecular weight is 386 g/mol. The van der Waals surface area contributed by atoms with Gasteiger partial charge in [-0.15, -0.1) is 0 Å². The Morgan fingerprint density at radius 1 is 0.958 bits per heavy atom. The molecule has 0 fully saturated rings. The monoisotopic (exact) mass is 384 g/mol. The number of nitrogens with one attached hydrogen (secondary N) is 1. The molecule has 2 rings (SSSR count). The van der Waals surface area contributed by atoms with E-state index in [0.717, 1.165) is 5.56 Å². The van der Waals surface area contributed by atoms with Gasteiger partial charge >= 0.3 is 0 Å². The predicted molar refractivity (Wildman–Crippen MR) is 97.6 cm³/mol. The van der Waals surface area contributed by atoms with Crippen LogP contribution in [-0.4, -0.2) is 23.3 Å². The van der Waals surface area contributed by atoms with Gasteiger partial charge in [0.15, 0.2) is 0 Å². The number of halogens is 3. The van der Waals surface area contributed by atoms with E-state index < -0.39 is 5.91 Å². The lowest BCUT2D eigenvalue weighted by Gasteiger charge is -2.21. The summed E-state index contributed by atoms with van der Waals surface area (Å²) in [5.74, 6) is -0.637. The Kier molecular flexibility index (Phi) is 6.49. The van der Waals surface area contributed by atoms with Crippen LogP contribution in [0.1, 0.15) is 12.5 Å². The fourth-order valence-corrected chi connectivity index (χ4v) is 2.77. The quantitative estimate of drug-likeness (QED) is 0.815. The van der Waals surface area contributed by atoms with Crippen LogP contribution >= 0.6 is 34.8 Å². The number of anilines is 1. The highest BCUT2D eigenvalue weighted by Crippen LogP contribution is 2.29. The smallest absolute Gasteiger partial charge is 0.244 e. The molecule has 0 bridgehead atoms. The zero-order valence-corrected chi connectivity index (χ0v) is 15.1. The van der Waals surface area contributed by atoms with E-state index in [1.165, 1.54) is 11.8 Å². The summed E-state index contributed by atoms with van der Waals surface area (Å²) in [4.78, 5) is 25.5. The SMILES string of the molecule is CC(=O)N(CC(=O)Nc1c(Cl)cccc1Cl)Cc1ccccc1Cl. The topological polar surface area (TPSA) is 49.4 Å². The molecule has 2 aromatic rings. The predicted octanol–water partition coefficient (Wildman–Crippen LogP) is 4.63. The molecule has 0 aliphatic heterocycles. The van der Waals surface area contributed by atoms with Crippen LogP contribution in [0.2, 0.25) is 15.1 Å². The van der Waals surface area contributed by atoms with Crippen LogP contribution in [0, 0.1) is 0 Å². The number of carbonyl (C=O) groups is 2. The third kappa shape index (κ3) is 4.87. The molecule has 0 atom stereocenters. The molecule has 0 unspecified atom stereocenters. The van der Waals surface area contributed by atoms with Crippen molar-refractivity contribution in [1.82, 2.24) is 4.90 Å². The molecule has 1 N–H and O–H groups in total. The van der Waals surface area contributed by atoms with E-state index in [0.29, 0.717) is 20.8 Å². The van der Waals surface area contributed by atoms with Gasteiger partial charge in [-0.2, -0.15) is 0 Å². The molecule has 7 heteroatoms. The normalized spacial score (nSPS) is 10.3. The van der Waals surface area contributed by atoms with Crippen LogP contribution in [0.5, 0.6) is 0 Å². The summed E-state index contributed by atoms with van der Waals surface area (Å²) in [5, 5.41) is 3.83. The minimum absolute atomic E-state index is 0.137. The van der Waals surface area contributed by atoms with Crippen LogP contribution in [0.3, 0.4) is 0 Å². The molecular weight excluding hydrogens is 371 g/mol. The Bertz CT molecular complexity index is 745. The van der Waals surface area contributed by atoms with Gasteiger partial charge in [-0.1, -0.05) is 59.1 Å². The maximum Gasteiger partial charge on any atom is 0.244 e. The van der Waals surface area contributed by atoms with Crippen LogP contribution in [0.4, 0.5) is 5.69 Å². The van der Waals surface area contributed by atoms with Gasteiger partial charge in [0, 0.05) is 18.5 Å². The zero-order chi connectivity index (χ0) is 17.7. The molecule has 0 aromatic heterocycles. The van der Waals surface area contributed by atoms with Gasteiger partial charge in [-0.25, -0.2) is 0 Å². The maximum absolute atomic E-state index is 12.3. The highest BCUT2D eigenvalue weighted by atomic mass is 35.5. The molecule has 0 heterocycles. The highest BCUT2D eigenvalue weighted by molar-refractivity contribution is 6.39. The summed E-state index contributed by atoms with van der Waals surface area (Å²) in [7, 11) is 0. The van der Waals surface area contributed by atoms with Crippen molar-refractivity contribution in [2.24, 2.45) is 0 Å². The molecule has 0 saturated heterocycles. The Hall–Kier alpha value is -1.75. The van der Waals surface area contributed by atoms with Gasteiger partial charge in [-0.05, 0) is 23.8 Å². The van der Waals surface area contributed by atoms with E-state index >= 15 is 0 Å². The molecule has 0 spiro atoms. The minimum Gasteiger partial charge on any atom is -0.329 e. The van der Waals surface area contributed by atoms with E-state index in [1.807, 2.05) is 6.07 Å². The van der Waals surface area contributed by atoms with Crippen LogP contribution in [0.15, 0.2) is 42.5 Å². The standard InChI is InChI=1S/C17H15Cl3N2O2/c1-11(23)22(9-12-5-2-3-6-13(12)18)10-16(24)21-17-14(19)7-4-8-15(17)20/h2-8H,9-10H2,1H3,(H,21,24). The van der Waals surface area contributed by atoms with E-state index in [4.69, 9.17) is 34.8 Å². The van der Waals surface area contributed by atoms with Gasteiger partial charge in [0.25, 0.3) is 0 Å². The molecule has 0 aliphatic carbocycles. The van der Waals surface area contributed by atoms with E-state index in [-0.39, 0.29) is 19.0 Å². The van der Waals surface area contributed by atoms with Crippen molar-refractivity contribution in [3.8, 4) is 0 Å². The van der Waals surface area contributed by atoms with Crippen molar-refractivity contribution in [2.75, 3.05) is 11.9 Å². The molecule has 2 aromatic carbocycles. The van der Waals surface area contributed by atoms with Crippen LogP contribution < -0.4 is 5.32 Å². The van der Waals surface area contributed by atoms with Crippen molar-refractivity contribution in [3.63, 3.8) is 0 Å². The minimum atomic E-state index is -0.396. The molecule has 0 aliphatic rings. The number of para-hydroxylation sites is 1. The number of hydrogen-bond donors (Lipinski definition) is 1. The molecular formula is C17H15Cl3N2O2. The molecule has 0 radical (unpaired) electrons. The Morgan fingerprint density at radius 2 is 1.54 bits per heavy atom. The van der Waals surface area contributed by atoms with Gasteiger partial charge in [-0.3, -0.25) is 9.59 Å². The van der Waals surface area contributed by atoms with Gasteiger partial charge in [0.05, 0.1) is 15.7 Å². The first kappa shape index (κ1) is 18.6. The van der Waals surface area contributed by atoms with Crippen molar-refractivity contribution in [3.05, 3.63) is 63.1 Å². The first-order valence-electron chi connectivity index (χ1n) is 7.11. The molecule has 2 amide bonds. The third-order valence-electron chi connectivity index (χ3n) is 3.33. The largest absolute Gasteiger partial charge is 0.329 e. The highest BCUT2D eigenvalue weighted by Gasteiger charge is 2.17. The second-order valence-corrected chi connectivity index (χ2v) is 6.33. The lowest BCUT2D eigenvalue weighted by molar-refractivity contribution is -0.133. The molecule has 0 saturated carbocycles. The fourth-order valence-electron chi connectivity index (χ4n) is 2.08. The molecule has 4 nitrogen and oxygen atoms in total. The van der Waals surface area contributed by atoms with Crippen molar-refractivity contribution in [1.29, 1.82) is 0 Å². The number of rotatable bonds is 5. The third-order valence-corrected chi connectivity index (χ3v) is 4.32.